The van der Waals surface area contributed by atoms with Gasteiger partial charge in [-0.3, -0.25) is 0 Å². The number of nitrogens with zero attached hydrogens (tertiary/aromatic N) is 1. The van der Waals surface area contributed by atoms with Gasteiger partial charge in [0.2, 0.25) is 0 Å². The van der Waals surface area contributed by atoms with Gasteiger partial charge in [-0.1, -0.05) is 25.8 Å². The lowest BCUT2D eigenvalue weighted by Crippen LogP contribution is -2.47. The van der Waals surface area contributed by atoms with E-state index in [4.69, 9.17) is 9.47 Å². The molecule has 0 unspecified atom stereocenters. The van der Waals surface area contributed by atoms with Crippen LogP contribution in [0.15, 0.2) is 18.2 Å². The third kappa shape index (κ3) is 4.79. The Bertz CT molecular complexity index is 547. The van der Waals surface area contributed by atoms with Gasteiger partial charge in [0, 0.05) is 19.6 Å². The normalized spacial score (nSPS) is 20.3. The minimum Gasteiger partial charge on any atom is -0.493 e. The first-order chi connectivity index (χ1) is 11.5. The molecular formula is C19H30N2O3. The molecule has 0 radical (unpaired) electrons. The Balaban J connectivity index is 1.85. The number of benzene rings is 1. The van der Waals surface area contributed by atoms with Crippen molar-refractivity contribution in [3.05, 3.63) is 23.8 Å². The Morgan fingerprint density at radius 3 is 2.58 bits per heavy atom. The van der Waals surface area contributed by atoms with Crippen molar-refractivity contribution in [2.75, 3.05) is 27.8 Å². The van der Waals surface area contributed by atoms with Crippen LogP contribution in [0, 0.1) is 5.92 Å². The summed E-state index contributed by atoms with van der Waals surface area (Å²) in [5.41, 5.74) is 1.12. The van der Waals surface area contributed by atoms with Crippen LogP contribution < -0.4 is 14.8 Å². The number of amides is 2. The first-order valence-electron chi connectivity index (χ1n) is 8.77. The smallest absolute Gasteiger partial charge is 0.317 e. The molecule has 1 aliphatic rings. The molecule has 134 valence electrons. The van der Waals surface area contributed by atoms with Crippen LogP contribution in [0.1, 0.15) is 38.2 Å². The number of methoxy groups -OCH3 is 2. The molecule has 0 spiro atoms. The molecule has 5 heteroatoms. The van der Waals surface area contributed by atoms with E-state index in [1.165, 1.54) is 19.3 Å². The molecule has 0 saturated heterocycles. The fourth-order valence-electron chi connectivity index (χ4n) is 3.23. The molecule has 1 aliphatic carbocycles. The van der Waals surface area contributed by atoms with Crippen molar-refractivity contribution >= 4 is 6.03 Å². The Labute approximate surface area is 145 Å². The lowest BCUT2D eigenvalue weighted by atomic mass is 9.86. The molecule has 1 aromatic carbocycles. The number of carbonyl (C=O) groups excluding carboxylic acids is 1. The molecule has 1 fully saturated rings. The number of hydrogen-bond donors (Lipinski definition) is 1. The summed E-state index contributed by atoms with van der Waals surface area (Å²) < 4.78 is 10.6. The second-order valence-electron chi connectivity index (χ2n) is 6.68. The van der Waals surface area contributed by atoms with Gasteiger partial charge in [-0.05, 0) is 42.9 Å². The average molecular weight is 334 g/mol. The summed E-state index contributed by atoms with van der Waals surface area (Å²) >= 11 is 0. The van der Waals surface area contributed by atoms with Crippen LogP contribution in [0.5, 0.6) is 11.5 Å². The van der Waals surface area contributed by atoms with Crippen molar-refractivity contribution in [2.45, 2.75) is 45.1 Å². The van der Waals surface area contributed by atoms with Crippen molar-refractivity contribution in [3.8, 4) is 11.5 Å². The van der Waals surface area contributed by atoms with Crippen LogP contribution in [0.4, 0.5) is 4.79 Å². The summed E-state index contributed by atoms with van der Waals surface area (Å²) in [7, 11) is 5.11. The van der Waals surface area contributed by atoms with Gasteiger partial charge in [0.15, 0.2) is 11.5 Å². The van der Waals surface area contributed by atoms with E-state index in [1.807, 2.05) is 25.2 Å². The highest BCUT2D eigenvalue weighted by molar-refractivity contribution is 5.74. The molecule has 1 saturated carbocycles. The molecule has 0 bridgehead atoms. The van der Waals surface area contributed by atoms with Crippen LogP contribution in [-0.4, -0.2) is 44.8 Å². The van der Waals surface area contributed by atoms with Crippen molar-refractivity contribution in [1.82, 2.24) is 10.2 Å². The highest BCUT2D eigenvalue weighted by atomic mass is 16.5. The van der Waals surface area contributed by atoms with E-state index in [-0.39, 0.29) is 6.03 Å². The third-order valence-corrected chi connectivity index (χ3v) is 4.95. The second kappa shape index (κ2) is 8.81. The van der Waals surface area contributed by atoms with Crippen molar-refractivity contribution in [1.29, 1.82) is 0 Å². The quantitative estimate of drug-likeness (QED) is 0.867. The third-order valence-electron chi connectivity index (χ3n) is 4.95. The van der Waals surface area contributed by atoms with E-state index in [9.17, 15) is 4.79 Å². The molecular weight excluding hydrogens is 304 g/mol. The number of rotatable bonds is 6. The van der Waals surface area contributed by atoms with Crippen LogP contribution in [0.3, 0.4) is 0 Å². The Hall–Kier alpha value is -1.91. The van der Waals surface area contributed by atoms with Crippen LogP contribution >= 0.6 is 0 Å². The van der Waals surface area contributed by atoms with Gasteiger partial charge in [-0.2, -0.15) is 0 Å². The molecule has 2 atom stereocenters. The predicted molar refractivity (Wildman–Crippen MR) is 95.8 cm³/mol. The maximum absolute atomic E-state index is 12.4. The minimum absolute atomic E-state index is 0.0224. The molecule has 2 amide bonds. The van der Waals surface area contributed by atoms with E-state index in [0.29, 0.717) is 18.5 Å². The summed E-state index contributed by atoms with van der Waals surface area (Å²) in [5.74, 6) is 2.01. The Morgan fingerprint density at radius 1 is 1.21 bits per heavy atom. The zero-order chi connectivity index (χ0) is 17.5. The van der Waals surface area contributed by atoms with Crippen molar-refractivity contribution in [3.63, 3.8) is 0 Å². The Kier molecular flexibility index (Phi) is 6.76. The monoisotopic (exact) mass is 334 g/mol. The second-order valence-corrected chi connectivity index (χ2v) is 6.68. The minimum atomic E-state index is 0.0224. The summed E-state index contributed by atoms with van der Waals surface area (Å²) in [6.07, 6.45) is 5.58. The van der Waals surface area contributed by atoms with Gasteiger partial charge in [-0.15, -0.1) is 0 Å². The van der Waals surface area contributed by atoms with Crippen LogP contribution in [0.25, 0.3) is 0 Å². The van der Waals surface area contributed by atoms with Crippen molar-refractivity contribution < 1.29 is 14.3 Å². The first-order valence-corrected chi connectivity index (χ1v) is 8.77. The van der Waals surface area contributed by atoms with Gasteiger partial charge in [0.25, 0.3) is 0 Å². The number of urea groups is 1. The van der Waals surface area contributed by atoms with E-state index >= 15 is 0 Å². The zero-order valence-electron chi connectivity index (χ0n) is 15.3. The maximum atomic E-state index is 12.4. The molecule has 0 heterocycles. The number of carbonyl (C=O) groups is 1. The summed E-state index contributed by atoms with van der Waals surface area (Å²) in [6.45, 7) is 2.90. The fraction of sp³-hybridized carbons (Fsp3) is 0.632. The van der Waals surface area contributed by atoms with E-state index in [0.717, 1.165) is 29.9 Å². The summed E-state index contributed by atoms with van der Waals surface area (Å²) in [5, 5.41) is 3.19. The highest BCUT2D eigenvalue weighted by Crippen LogP contribution is 2.28. The van der Waals surface area contributed by atoms with Gasteiger partial charge in [-0.25, -0.2) is 4.79 Å². The Morgan fingerprint density at radius 2 is 1.92 bits per heavy atom. The SMILES string of the molecule is COc1ccc(CCN(C)C(=O)N[C@@H]2CCCC[C@@H]2C)cc1OC. The lowest BCUT2D eigenvalue weighted by Gasteiger charge is -2.31. The van der Waals surface area contributed by atoms with Crippen molar-refractivity contribution in [2.24, 2.45) is 5.92 Å². The van der Waals surface area contributed by atoms with Gasteiger partial charge in [0.1, 0.15) is 0 Å². The van der Waals surface area contributed by atoms with E-state index in [1.54, 1.807) is 19.1 Å². The summed E-state index contributed by atoms with van der Waals surface area (Å²) in [4.78, 5) is 14.1. The van der Waals surface area contributed by atoms with E-state index in [2.05, 4.69) is 12.2 Å². The number of hydrogen-bond acceptors (Lipinski definition) is 3. The van der Waals surface area contributed by atoms with E-state index < -0.39 is 0 Å². The van der Waals surface area contributed by atoms with Gasteiger partial charge in [0.05, 0.1) is 14.2 Å². The van der Waals surface area contributed by atoms with Crippen LogP contribution in [-0.2, 0) is 6.42 Å². The fourth-order valence-corrected chi connectivity index (χ4v) is 3.23. The number of ether oxygens (including phenoxy) is 2. The predicted octanol–water partition coefficient (Wildman–Crippen LogP) is 3.47. The maximum Gasteiger partial charge on any atom is 0.317 e. The molecule has 24 heavy (non-hydrogen) atoms. The van der Waals surface area contributed by atoms with Crippen LogP contribution in [0.2, 0.25) is 0 Å². The first kappa shape index (κ1) is 18.4. The molecule has 2 rings (SSSR count). The number of nitrogens with one attached hydrogen (secondary N) is 1. The summed E-state index contributed by atoms with van der Waals surface area (Å²) in [6, 6.07) is 6.21. The zero-order valence-corrected chi connectivity index (χ0v) is 15.3. The topological polar surface area (TPSA) is 50.8 Å². The molecule has 5 nitrogen and oxygen atoms in total. The molecule has 0 aliphatic heterocycles. The van der Waals surface area contributed by atoms with Gasteiger partial charge >= 0.3 is 6.03 Å². The molecule has 1 N–H and O–H groups in total. The molecule has 0 aromatic heterocycles. The average Bonchev–Trinajstić information content (AvgIpc) is 2.61. The molecule has 1 aromatic rings. The largest absolute Gasteiger partial charge is 0.493 e. The lowest BCUT2D eigenvalue weighted by molar-refractivity contribution is 0.192. The highest BCUT2D eigenvalue weighted by Gasteiger charge is 2.23. The standard InChI is InChI=1S/C19H30N2O3/c1-14-7-5-6-8-16(14)20-19(22)21(2)12-11-15-9-10-17(23-3)18(13-15)24-4/h9-10,13-14,16H,5-8,11-12H2,1-4H3,(H,20,22)/t14-,16+/m0/s1. The number of likely N-dealkylation sites (N-methyl/N-ethyl adjacent to an activating group) is 1. The van der Waals surface area contributed by atoms with Gasteiger partial charge < -0.3 is 19.7 Å².